The largest absolute Gasteiger partial charge is 0.481 e. The summed E-state index contributed by atoms with van der Waals surface area (Å²) >= 11 is 0. The minimum absolute atomic E-state index is 0.369. The van der Waals surface area contributed by atoms with Crippen LogP contribution in [0.4, 0.5) is 11.4 Å². The quantitative estimate of drug-likeness (QED) is 0.654. The summed E-state index contributed by atoms with van der Waals surface area (Å²) in [4.78, 5) is 10.8. The molecule has 15 heavy (non-hydrogen) atoms. The lowest BCUT2D eigenvalue weighted by Crippen LogP contribution is -2.15. The van der Waals surface area contributed by atoms with Gasteiger partial charge in [0.1, 0.15) is 0 Å². The van der Waals surface area contributed by atoms with Gasteiger partial charge in [-0.1, -0.05) is 6.92 Å². The summed E-state index contributed by atoms with van der Waals surface area (Å²) in [5.41, 5.74) is 13.3. The Balaban J connectivity index is 2.83. The number of nitrogen functional groups attached to an aromatic ring is 2. The summed E-state index contributed by atoms with van der Waals surface area (Å²) < 4.78 is 0. The summed E-state index contributed by atoms with van der Waals surface area (Å²) in [5.74, 6) is -1.15. The molecule has 0 saturated carbocycles. The fourth-order valence-corrected chi connectivity index (χ4v) is 1.55. The monoisotopic (exact) mass is 208 g/mol. The molecule has 0 aliphatic heterocycles. The van der Waals surface area contributed by atoms with Crippen molar-refractivity contribution in [2.75, 3.05) is 11.5 Å². The minimum Gasteiger partial charge on any atom is -0.481 e. The van der Waals surface area contributed by atoms with Crippen molar-refractivity contribution in [3.8, 4) is 0 Å². The van der Waals surface area contributed by atoms with Crippen LogP contribution >= 0.6 is 0 Å². The SMILES string of the molecule is CCC(Cc1cc(N)cc(N)c1)C(=O)O. The van der Waals surface area contributed by atoms with Gasteiger partial charge in [0.25, 0.3) is 0 Å². The molecule has 0 aliphatic carbocycles. The summed E-state index contributed by atoms with van der Waals surface area (Å²) in [7, 11) is 0. The van der Waals surface area contributed by atoms with Crippen LogP contribution in [0.25, 0.3) is 0 Å². The Morgan fingerprint density at radius 2 is 1.87 bits per heavy atom. The molecule has 0 bridgehead atoms. The molecular weight excluding hydrogens is 192 g/mol. The molecule has 5 N–H and O–H groups in total. The molecule has 82 valence electrons. The zero-order valence-electron chi connectivity index (χ0n) is 8.73. The number of nitrogens with two attached hydrogens (primary N) is 2. The van der Waals surface area contributed by atoms with E-state index in [0.29, 0.717) is 24.2 Å². The summed E-state index contributed by atoms with van der Waals surface area (Å²) in [6.45, 7) is 1.86. The van der Waals surface area contributed by atoms with Gasteiger partial charge >= 0.3 is 5.97 Å². The second-order valence-corrected chi connectivity index (χ2v) is 3.66. The fraction of sp³-hybridized carbons (Fsp3) is 0.364. The van der Waals surface area contributed by atoms with E-state index in [-0.39, 0.29) is 5.92 Å². The van der Waals surface area contributed by atoms with E-state index in [4.69, 9.17) is 16.6 Å². The average Bonchev–Trinajstić information content (AvgIpc) is 2.12. The molecule has 0 heterocycles. The molecule has 0 aromatic heterocycles. The van der Waals surface area contributed by atoms with Gasteiger partial charge in [-0.3, -0.25) is 4.79 Å². The van der Waals surface area contributed by atoms with Crippen LogP contribution in [0.2, 0.25) is 0 Å². The van der Waals surface area contributed by atoms with Gasteiger partial charge in [-0.25, -0.2) is 0 Å². The molecular formula is C11H16N2O2. The van der Waals surface area contributed by atoms with Crippen LogP contribution in [0.5, 0.6) is 0 Å². The highest BCUT2D eigenvalue weighted by atomic mass is 16.4. The second kappa shape index (κ2) is 4.68. The number of hydrogen-bond acceptors (Lipinski definition) is 3. The Morgan fingerprint density at radius 3 is 2.27 bits per heavy atom. The van der Waals surface area contributed by atoms with Gasteiger partial charge in [-0.15, -0.1) is 0 Å². The van der Waals surface area contributed by atoms with E-state index in [0.717, 1.165) is 5.56 Å². The Labute approximate surface area is 88.9 Å². The normalized spacial score (nSPS) is 12.3. The number of hydrogen-bond donors (Lipinski definition) is 3. The van der Waals surface area contributed by atoms with Crippen LogP contribution in [-0.2, 0) is 11.2 Å². The van der Waals surface area contributed by atoms with Crippen molar-refractivity contribution in [1.82, 2.24) is 0 Å². The zero-order valence-corrected chi connectivity index (χ0v) is 8.73. The van der Waals surface area contributed by atoms with E-state index in [1.54, 1.807) is 18.2 Å². The van der Waals surface area contributed by atoms with Crippen LogP contribution in [0.1, 0.15) is 18.9 Å². The van der Waals surface area contributed by atoms with E-state index in [9.17, 15) is 4.79 Å². The van der Waals surface area contributed by atoms with Crippen LogP contribution in [-0.4, -0.2) is 11.1 Å². The molecule has 4 nitrogen and oxygen atoms in total. The Morgan fingerprint density at radius 1 is 1.33 bits per heavy atom. The Hall–Kier alpha value is -1.71. The highest BCUT2D eigenvalue weighted by molar-refractivity contribution is 5.70. The summed E-state index contributed by atoms with van der Waals surface area (Å²) in [6, 6.07) is 5.19. The molecule has 1 rings (SSSR count). The molecule has 0 saturated heterocycles. The lowest BCUT2D eigenvalue weighted by Gasteiger charge is -2.10. The molecule has 1 atom stereocenters. The van der Waals surface area contributed by atoms with Gasteiger partial charge in [0, 0.05) is 11.4 Å². The minimum atomic E-state index is -0.779. The van der Waals surface area contributed by atoms with E-state index in [1.807, 2.05) is 6.92 Å². The number of anilines is 2. The third-order valence-electron chi connectivity index (χ3n) is 2.36. The summed E-state index contributed by atoms with van der Waals surface area (Å²) in [6.07, 6.45) is 1.07. The van der Waals surface area contributed by atoms with Crippen LogP contribution < -0.4 is 11.5 Å². The maximum absolute atomic E-state index is 10.8. The van der Waals surface area contributed by atoms with Crippen molar-refractivity contribution in [2.24, 2.45) is 5.92 Å². The van der Waals surface area contributed by atoms with E-state index in [1.165, 1.54) is 0 Å². The zero-order chi connectivity index (χ0) is 11.4. The molecule has 1 unspecified atom stereocenters. The van der Waals surface area contributed by atoms with E-state index in [2.05, 4.69) is 0 Å². The second-order valence-electron chi connectivity index (χ2n) is 3.66. The molecule has 0 amide bonds. The first-order valence-corrected chi connectivity index (χ1v) is 4.90. The lowest BCUT2D eigenvalue weighted by atomic mass is 9.96. The number of carboxylic acid groups (broad SMARTS) is 1. The number of rotatable bonds is 4. The lowest BCUT2D eigenvalue weighted by molar-refractivity contribution is -0.141. The van der Waals surface area contributed by atoms with E-state index < -0.39 is 5.97 Å². The average molecular weight is 208 g/mol. The number of benzene rings is 1. The third kappa shape index (κ3) is 3.16. The number of aliphatic carboxylic acids is 1. The van der Waals surface area contributed by atoms with Crippen LogP contribution in [0.15, 0.2) is 18.2 Å². The molecule has 1 aromatic rings. The van der Waals surface area contributed by atoms with Crippen molar-refractivity contribution in [1.29, 1.82) is 0 Å². The first-order valence-electron chi connectivity index (χ1n) is 4.90. The highest BCUT2D eigenvalue weighted by Gasteiger charge is 2.15. The predicted octanol–water partition coefficient (Wildman–Crippen LogP) is 1.50. The molecule has 0 fully saturated rings. The predicted molar refractivity (Wildman–Crippen MR) is 60.4 cm³/mol. The fourth-order valence-electron chi connectivity index (χ4n) is 1.55. The molecule has 0 radical (unpaired) electrons. The standard InChI is InChI=1S/C11H16N2O2/c1-2-8(11(14)15)3-7-4-9(12)6-10(13)5-7/h4-6,8H,2-3,12-13H2,1H3,(H,14,15). The molecule has 1 aromatic carbocycles. The van der Waals surface area contributed by atoms with Gasteiger partial charge < -0.3 is 16.6 Å². The van der Waals surface area contributed by atoms with Crippen molar-refractivity contribution in [2.45, 2.75) is 19.8 Å². The molecule has 0 spiro atoms. The van der Waals surface area contributed by atoms with Gasteiger partial charge in [0.05, 0.1) is 5.92 Å². The highest BCUT2D eigenvalue weighted by Crippen LogP contribution is 2.18. The van der Waals surface area contributed by atoms with Gasteiger partial charge in [-0.05, 0) is 36.6 Å². The first-order chi connectivity index (χ1) is 7.02. The van der Waals surface area contributed by atoms with Crippen molar-refractivity contribution in [3.63, 3.8) is 0 Å². The Kier molecular flexibility index (Phi) is 3.55. The topological polar surface area (TPSA) is 89.3 Å². The third-order valence-corrected chi connectivity index (χ3v) is 2.36. The maximum Gasteiger partial charge on any atom is 0.306 e. The van der Waals surface area contributed by atoms with Gasteiger partial charge in [0.2, 0.25) is 0 Å². The van der Waals surface area contributed by atoms with E-state index >= 15 is 0 Å². The molecule has 4 heteroatoms. The van der Waals surface area contributed by atoms with Crippen molar-refractivity contribution < 1.29 is 9.90 Å². The van der Waals surface area contributed by atoms with Crippen LogP contribution in [0.3, 0.4) is 0 Å². The Bertz CT molecular complexity index is 343. The number of carboxylic acids is 1. The maximum atomic E-state index is 10.8. The smallest absolute Gasteiger partial charge is 0.306 e. The van der Waals surface area contributed by atoms with Crippen molar-refractivity contribution >= 4 is 17.3 Å². The van der Waals surface area contributed by atoms with Crippen LogP contribution in [0, 0.1) is 5.92 Å². The molecule has 0 aliphatic rings. The van der Waals surface area contributed by atoms with Gasteiger partial charge in [-0.2, -0.15) is 0 Å². The van der Waals surface area contributed by atoms with Gasteiger partial charge in [0.15, 0.2) is 0 Å². The summed E-state index contributed by atoms with van der Waals surface area (Å²) in [5, 5.41) is 8.91. The number of carbonyl (C=O) groups is 1. The first kappa shape index (κ1) is 11.4. The van der Waals surface area contributed by atoms with Crippen molar-refractivity contribution in [3.05, 3.63) is 23.8 Å².